The molecule has 0 radical (unpaired) electrons. The van der Waals surface area contributed by atoms with E-state index in [0.717, 1.165) is 5.56 Å². The van der Waals surface area contributed by atoms with Crippen LogP contribution in [0.5, 0.6) is 0 Å². The molecule has 0 aliphatic heterocycles. The second-order valence-electron chi connectivity index (χ2n) is 3.76. The van der Waals surface area contributed by atoms with Gasteiger partial charge >= 0.3 is 5.97 Å². The normalized spacial score (nSPS) is 10.1. The summed E-state index contributed by atoms with van der Waals surface area (Å²) in [5.74, 6) is -1.29. The molecule has 0 saturated heterocycles. The van der Waals surface area contributed by atoms with Gasteiger partial charge in [-0.15, -0.1) is 11.3 Å². The van der Waals surface area contributed by atoms with Gasteiger partial charge in [-0.05, 0) is 17.7 Å². The third kappa shape index (κ3) is 3.29. The molecule has 0 bridgehead atoms. The molecule has 2 aromatic rings. The van der Waals surface area contributed by atoms with Gasteiger partial charge in [0.2, 0.25) is 0 Å². The molecule has 0 aliphatic rings. The van der Waals surface area contributed by atoms with Gasteiger partial charge in [-0.25, -0.2) is 9.78 Å². The van der Waals surface area contributed by atoms with E-state index in [1.807, 2.05) is 0 Å². The zero-order valence-corrected chi connectivity index (χ0v) is 10.6. The van der Waals surface area contributed by atoms with Crippen LogP contribution < -0.4 is 11.1 Å². The molecule has 0 fully saturated rings. The first-order chi connectivity index (χ1) is 9.06. The first-order valence-corrected chi connectivity index (χ1v) is 6.25. The monoisotopic (exact) mass is 277 g/mol. The number of aromatic nitrogens is 1. The SMILES string of the molecule is Nc1nc(C(=O)NCc2ccc(C(=O)O)cc2)cs1. The van der Waals surface area contributed by atoms with Gasteiger partial charge < -0.3 is 16.2 Å². The Balaban J connectivity index is 1.95. The fourth-order valence-electron chi connectivity index (χ4n) is 1.43. The molecule has 7 heteroatoms. The number of amides is 1. The van der Waals surface area contributed by atoms with E-state index >= 15 is 0 Å². The van der Waals surface area contributed by atoms with Crippen LogP contribution in [-0.2, 0) is 6.54 Å². The summed E-state index contributed by atoms with van der Waals surface area (Å²) in [6, 6.07) is 6.29. The van der Waals surface area contributed by atoms with E-state index in [4.69, 9.17) is 10.8 Å². The van der Waals surface area contributed by atoms with Crippen LogP contribution in [-0.4, -0.2) is 22.0 Å². The number of rotatable bonds is 4. The molecule has 19 heavy (non-hydrogen) atoms. The van der Waals surface area contributed by atoms with Gasteiger partial charge in [0.05, 0.1) is 5.56 Å². The Morgan fingerprint density at radius 2 is 2.00 bits per heavy atom. The molecule has 0 atom stereocenters. The number of anilines is 1. The molecule has 0 unspecified atom stereocenters. The quantitative estimate of drug-likeness (QED) is 0.782. The molecule has 2 rings (SSSR count). The van der Waals surface area contributed by atoms with E-state index in [2.05, 4.69) is 10.3 Å². The van der Waals surface area contributed by atoms with Crippen molar-refractivity contribution in [2.45, 2.75) is 6.54 Å². The Hall–Kier alpha value is -2.41. The Morgan fingerprint density at radius 3 is 2.53 bits per heavy atom. The lowest BCUT2D eigenvalue weighted by Crippen LogP contribution is -2.23. The topological polar surface area (TPSA) is 105 Å². The summed E-state index contributed by atoms with van der Waals surface area (Å²) in [6.45, 7) is 0.302. The van der Waals surface area contributed by atoms with Gasteiger partial charge in [0.15, 0.2) is 5.13 Å². The standard InChI is InChI=1S/C12H11N3O3S/c13-12-15-9(6-19-12)10(16)14-5-7-1-3-8(4-2-7)11(17)18/h1-4,6H,5H2,(H2,13,15)(H,14,16)(H,17,18). The molecular weight excluding hydrogens is 266 g/mol. The lowest BCUT2D eigenvalue weighted by Gasteiger charge is -2.03. The highest BCUT2D eigenvalue weighted by Crippen LogP contribution is 2.11. The van der Waals surface area contributed by atoms with Crippen LogP contribution in [0.3, 0.4) is 0 Å². The molecule has 0 saturated carbocycles. The minimum atomic E-state index is -0.978. The number of thiazole rings is 1. The van der Waals surface area contributed by atoms with Crippen molar-refractivity contribution in [1.82, 2.24) is 10.3 Å². The summed E-state index contributed by atoms with van der Waals surface area (Å²) in [5, 5.41) is 13.4. The predicted molar refractivity (Wildman–Crippen MR) is 71.1 cm³/mol. The highest BCUT2D eigenvalue weighted by molar-refractivity contribution is 7.13. The minimum absolute atomic E-state index is 0.211. The Morgan fingerprint density at radius 1 is 1.32 bits per heavy atom. The van der Waals surface area contributed by atoms with Crippen LogP contribution >= 0.6 is 11.3 Å². The zero-order chi connectivity index (χ0) is 13.8. The number of hydrogen-bond acceptors (Lipinski definition) is 5. The maximum atomic E-state index is 11.7. The number of carboxylic acids is 1. The van der Waals surface area contributed by atoms with Crippen molar-refractivity contribution < 1.29 is 14.7 Å². The molecular formula is C12H11N3O3S. The van der Waals surface area contributed by atoms with Gasteiger partial charge in [-0.3, -0.25) is 4.79 Å². The first kappa shape index (κ1) is 13.0. The molecule has 1 amide bonds. The maximum Gasteiger partial charge on any atom is 0.335 e. The minimum Gasteiger partial charge on any atom is -0.478 e. The van der Waals surface area contributed by atoms with Crippen LogP contribution in [0.1, 0.15) is 26.4 Å². The average Bonchev–Trinajstić information content (AvgIpc) is 2.83. The van der Waals surface area contributed by atoms with Gasteiger partial charge in [0.25, 0.3) is 5.91 Å². The second kappa shape index (κ2) is 5.49. The summed E-state index contributed by atoms with van der Waals surface area (Å²) < 4.78 is 0. The zero-order valence-electron chi connectivity index (χ0n) is 9.79. The summed E-state index contributed by atoms with van der Waals surface area (Å²) >= 11 is 1.20. The highest BCUT2D eigenvalue weighted by atomic mass is 32.1. The van der Waals surface area contributed by atoms with E-state index in [1.165, 1.54) is 23.5 Å². The van der Waals surface area contributed by atoms with Gasteiger partial charge in [-0.1, -0.05) is 12.1 Å². The van der Waals surface area contributed by atoms with Crippen LogP contribution in [0.25, 0.3) is 0 Å². The van der Waals surface area contributed by atoms with Crippen molar-refractivity contribution in [1.29, 1.82) is 0 Å². The molecule has 0 spiro atoms. The molecule has 1 heterocycles. The van der Waals surface area contributed by atoms with Crippen LogP contribution in [0.4, 0.5) is 5.13 Å². The number of benzene rings is 1. The van der Waals surface area contributed by atoms with Gasteiger partial charge in [0.1, 0.15) is 5.69 Å². The van der Waals surface area contributed by atoms with Crippen molar-refractivity contribution in [2.75, 3.05) is 5.73 Å². The van der Waals surface area contributed by atoms with Crippen molar-refractivity contribution in [3.8, 4) is 0 Å². The van der Waals surface area contributed by atoms with E-state index in [9.17, 15) is 9.59 Å². The second-order valence-corrected chi connectivity index (χ2v) is 4.65. The fraction of sp³-hybridized carbons (Fsp3) is 0.0833. The molecule has 98 valence electrons. The molecule has 4 N–H and O–H groups in total. The first-order valence-electron chi connectivity index (χ1n) is 5.37. The van der Waals surface area contributed by atoms with Crippen molar-refractivity contribution in [2.24, 2.45) is 0 Å². The fourth-order valence-corrected chi connectivity index (χ4v) is 1.97. The number of nitrogens with one attached hydrogen (secondary N) is 1. The number of carbonyl (C=O) groups is 2. The van der Waals surface area contributed by atoms with Crippen LogP contribution in [0.2, 0.25) is 0 Å². The maximum absolute atomic E-state index is 11.7. The van der Waals surface area contributed by atoms with E-state index < -0.39 is 5.97 Å². The number of carboxylic acid groups (broad SMARTS) is 1. The molecule has 0 aliphatic carbocycles. The molecule has 1 aromatic heterocycles. The third-order valence-electron chi connectivity index (χ3n) is 2.41. The van der Waals surface area contributed by atoms with E-state index in [0.29, 0.717) is 11.7 Å². The number of carbonyl (C=O) groups excluding carboxylic acids is 1. The Labute approximate surface area is 112 Å². The number of nitrogen functional groups attached to an aromatic ring is 1. The van der Waals surface area contributed by atoms with Gasteiger partial charge in [-0.2, -0.15) is 0 Å². The average molecular weight is 277 g/mol. The van der Waals surface area contributed by atoms with E-state index in [1.54, 1.807) is 17.5 Å². The summed E-state index contributed by atoms with van der Waals surface area (Å²) in [4.78, 5) is 26.2. The smallest absolute Gasteiger partial charge is 0.335 e. The lowest BCUT2D eigenvalue weighted by atomic mass is 10.1. The van der Waals surface area contributed by atoms with Crippen molar-refractivity contribution in [3.05, 3.63) is 46.5 Å². The largest absolute Gasteiger partial charge is 0.478 e. The number of nitrogens with zero attached hydrogens (tertiary/aromatic N) is 1. The summed E-state index contributed by atoms with van der Waals surface area (Å²) in [7, 11) is 0. The summed E-state index contributed by atoms with van der Waals surface area (Å²) in [5.41, 5.74) is 6.74. The van der Waals surface area contributed by atoms with Crippen LogP contribution in [0.15, 0.2) is 29.6 Å². The lowest BCUT2D eigenvalue weighted by molar-refractivity contribution is 0.0696. The number of hydrogen-bond donors (Lipinski definition) is 3. The predicted octanol–water partition coefficient (Wildman–Crippen LogP) is 1.35. The van der Waals surface area contributed by atoms with Crippen LogP contribution in [0, 0.1) is 0 Å². The van der Waals surface area contributed by atoms with Crippen molar-refractivity contribution >= 4 is 28.3 Å². The number of nitrogens with two attached hydrogens (primary N) is 1. The summed E-state index contributed by atoms with van der Waals surface area (Å²) in [6.07, 6.45) is 0. The molecule has 1 aromatic carbocycles. The van der Waals surface area contributed by atoms with Gasteiger partial charge in [0, 0.05) is 11.9 Å². The van der Waals surface area contributed by atoms with Crippen molar-refractivity contribution in [3.63, 3.8) is 0 Å². The number of aromatic carboxylic acids is 1. The van der Waals surface area contributed by atoms with E-state index in [-0.39, 0.29) is 17.2 Å². The molecule has 6 nitrogen and oxygen atoms in total. The third-order valence-corrected chi connectivity index (χ3v) is 3.08. The Kier molecular flexibility index (Phi) is 3.76. The highest BCUT2D eigenvalue weighted by Gasteiger charge is 2.09. The Bertz CT molecular complexity index is 607.